The van der Waals surface area contributed by atoms with Gasteiger partial charge in [-0.2, -0.15) is 5.10 Å². The summed E-state index contributed by atoms with van der Waals surface area (Å²) in [7, 11) is 2.00. The normalized spacial score (nSPS) is 25.4. The zero-order valence-electron chi connectivity index (χ0n) is 11.6. The summed E-state index contributed by atoms with van der Waals surface area (Å²) >= 11 is 0. The average molecular weight is 273 g/mol. The van der Waals surface area contributed by atoms with Crippen molar-refractivity contribution in [2.45, 2.75) is 18.9 Å². The maximum atomic E-state index is 5.55. The second-order valence-corrected chi connectivity index (χ2v) is 5.63. The molecular weight excluding hydrogens is 254 g/mol. The van der Waals surface area contributed by atoms with E-state index >= 15 is 0 Å². The van der Waals surface area contributed by atoms with Crippen molar-refractivity contribution in [1.82, 2.24) is 19.3 Å². The highest BCUT2D eigenvalue weighted by atomic mass is 16.5. The van der Waals surface area contributed by atoms with Crippen molar-refractivity contribution < 1.29 is 4.74 Å². The Bertz CT molecular complexity index is 611. The van der Waals surface area contributed by atoms with E-state index in [0.29, 0.717) is 12.0 Å². The highest BCUT2D eigenvalue weighted by Gasteiger charge is 2.32. The summed E-state index contributed by atoms with van der Waals surface area (Å²) in [4.78, 5) is 4.39. The summed E-state index contributed by atoms with van der Waals surface area (Å²) in [6.07, 6.45) is 6.01. The molecule has 4 rings (SSSR count). The minimum atomic E-state index is 0.447. The fourth-order valence-electron chi connectivity index (χ4n) is 3.26. The summed E-state index contributed by atoms with van der Waals surface area (Å²) < 4.78 is 9.69. The van der Waals surface area contributed by atoms with Gasteiger partial charge in [-0.1, -0.05) is 0 Å². The molecule has 0 aliphatic carbocycles. The Kier molecular flexibility index (Phi) is 2.77. The van der Waals surface area contributed by atoms with Crippen LogP contribution in [0.3, 0.4) is 0 Å². The number of rotatable bonds is 2. The Balaban J connectivity index is 1.71. The topological polar surface area (TPSA) is 56.9 Å². The Morgan fingerprint density at radius 1 is 1.40 bits per heavy atom. The van der Waals surface area contributed by atoms with Gasteiger partial charge in [0.2, 0.25) is 0 Å². The Hall–Kier alpha value is -1.82. The quantitative estimate of drug-likeness (QED) is 0.904. The van der Waals surface area contributed by atoms with Gasteiger partial charge in [-0.25, -0.2) is 9.67 Å². The van der Waals surface area contributed by atoms with E-state index in [9.17, 15) is 0 Å². The van der Waals surface area contributed by atoms with Crippen LogP contribution in [0.4, 0.5) is 5.82 Å². The van der Waals surface area contributed by atoms with Crippen LogP contribution in [-0.2, 0) is 11.8 Å². The number of anilines is 1. The molecule has 2 aliphatic heterocycles. The standard InChI is InChI=1S/C14H19N5O/c1-18-6-5-16-14(18)11-8-13-15-4-2-12(19(13)17-11)10-3-7-20-9-10/h5-6,8,10,12,15H,2-4,7,9H2,1H3. The zero-order valence-corrected chi connectivity index (χ0v) is 11.6. The van der Waals surface area contributed by atoms with Gasteiger partial charge in [0.05, 0.1) is 12.6 Å². The van der Waals surface area contributed by atoms with Crippen LogP contribution in [0.1, 0.15) is 18.9 Å². The average Bonchev–Trinajstić information content (AvgIpc) is 3.17. The fourth-order valence-corrected chi connectivity index (χ4v) is 3.26. The molecule has 0 radical (unpaired) electrons. The highest BCUT2D eigenvalue weighted by molar-refractivity contribution is 5.57. The number of ether oxygens (including phenoxy) is 1. The molecule has 0 spiro atoms. The number of hydrogen-bond acceptors (Lipinski definition) is 4. The van der Waals surface area contributed by atoms with Crippen molar-refractivity contribution in [2.24, 2.45) is 13.0 Å². The third kappa shape index (κ3) is 1.83. The fraction of sp³-hybridized carbons (Fsp3) is 0.571. The molecule has 1 saturated heterocycles. The lowest BCUT2D eigenvalue weighted by Gasteiger charge is -2.29. The molecule has 4 heterocycles. The van der Waals surface area contributed by atoms with Crippen molar-refractivity contribution in [2.75, 3.05) is 25.1 Å². The highest BCUT2D eigenvalue weighted by Crippen LogP contribution is 2.35. The van der Waals surface area contributed by atoms with Crippen LogP contribution >= 0.6 is 0 Å². The number of fused-ring (bicyclic) bond motifs is 1. The van der Waals surface area contributed by atoms with Crippen molar-refractivity contribution in [1.29, 1.82) is 0 Å². The lowest BCUT2D eigenvalue weighted by atomic mass is 9.95. The van der Waals surface area contributed by atoms with Crippen LogP contribution in [-0.4, -0.2) is 39.1 Å². The number of nitrogens with one attached hydrogen (secondary N) is 1. The van der Waals surface area contributed by atoms with E-state index in [1.54, 1.807) is 0 Å². The van der Waals surface area contributed by atoms with Crippen molar-refractivity contribution >= 4 is 5.82 Å². The minimum absolute atomic E-state index is 0.447. The van der Waals surface area contributed by atoms with Crippen LogP contribution in [0.25, 0.3) is 11.5 Å². The lowest BCUT2D eigenvalue weighted by molar-refractivity contribution is 0.167. The molecule has 0 saturated carbocycles. The molecule has 6 heteroatoms. The molecular formula is C14H19N5O. The van der Waals surface area contributed by atoms with Crippen LogP contribution in [0, 0.1) is 5.92 Å². The van der Waals surface area contributed by atoms with Crippen LogP contribution in [0.15, 0.2) is 18.5 Å². The molecule has 2 aromatic rings. The molecule has 2 aliphatic rings. The Morgan fingerprint density at radius 3 is 3.10 bits per heavy atom. The first-order valence-electron chi connectivity index (χ1n) is 7.22. The smallest absolute Gasteiger partial charge is 0.160 e. The molecule has 2 aromatic heterocycles. The maximum absolute atomic E-state index is 5.55. The monoisotopic (exact) mass is 273 g/mol. The largest absolute Gasteiger partial charge is 0.381 e. The molecule has 0 bridgehead atoms. The molecule has 0 amide bonds. The number of nitrogens with zero attached hydrogens (tertiary/aromatic N) is 4. The number of hydrogen-bond donors (Lipinski definition) is 1. The molecule has 0 aromatic carbocycles. The molecule has 20 heavy (non-hydrogen) atoms. The molecule has 2 atom stereocenters. The van der Waals surface area contributed by atoms with E-state index in [-0.39, 0.29) is 0 Å². The van der Waals surface area contributed by atoms with Gasteiger partial charge in [-0.05, 0) is 12.8 Å². The van der Waals surface area contributed by atoms with Crippen molar-refractivity contribution in [3.8, 4) is 11.5 Å². The Morgan fingerprint density at radius 2 is 2.35 bits per heavy atom. The van der Waals surface area contributed by atoms with Gasteiger partial charge < -0.3 is 14.6 Å². The maximum Gasteiger partial charge on any atom is 0.160 e. The van der Waals surface area contributed by atoms with E-state index in [4.69, 9.17) is 9.84 Å². The predicted octanol–water partition coefficient (Wildman–Crippen LogP) is 1.68. The molecule has 1 fully saturated rings. The first-order valence-corrected chi connectivity index (χ1v) is 7.22. The third-order valence-corrected chi connectivity index (χ3v) is 4.36. The minimum Gasteiger partial charge on any atom is -0.381 e. The van der Waals surface area contributed by atoms with E-state index in [0.717, 1.165) is 49.9 Å². The molecule has 1 N–H and O–H groups in total. The van der Waals surface area contributed by atoms with Crippen LogP contribution < -0.4 is 5.32 Å². The summed E-state index contributed by atoms with van der Waals surface area (Å²) in [5.41, 5.74) is 0.936. The van der Waals surface area contributed by atoms with Gasteiger partial charge in [0.25, 0.3) is 0 Å². The van der Waals surface area contributed by atoms with E-state index in [1.165, 1.54) is 0 Å². The summed E-state index contributed by atoms with van der Waals surface area (Å²) in [6, 6.07) is 2.55. The first-order chi connectivity index (χ1) is 9.83. The van der Waals surface area contributed by atoms with Gasteiger partial charge in [-0.15, -0.1) is 0 Å². The van der Waals surface area contributed by atoms with Gasteiger partial charge in [0, 0.05) is 44.6 Å². The SMILES string of the molecule is Cn1ccnc1-c1cc2n(n1)C(C1CCOC1)CCN2. The van der Waals surface area contributed by atoms with E-state index in [1.807, 2.05) is 24.0 Å². The summed E-state index contributed by atoms with van der Waals surface area (Å²) in [5, 5.41) is 8.24. The number of aryl methyl sites for hydroxylation is 1. The zero-order chi connectivity index (χ0) is 13.5. The number of imidazole rings is 1. The predicted molar refractivity (Wildman–Crippen MR) is 75.5 cm³/mol. The van der Waals surface area contributed by atoms with Crippen LogP contribution in [0.5, 0.6) is 0 Å². The third-order valence-electron chi connectivity index (χ3n) is 4.36. The van der Waals surface area contributed by atoms with E-state index < -0.39 is 0 Å². The summed E-state index contributed by atoms with van der Waals surface area (Å²) in [5.74, 6) is 2.60. The van der Waals surface area contributed by atoms with Crippen molar-refractivity contribution in [3.05, 3.63) is 18.5 Å². The van der Waals surface area contributed by atoms with Gasteiger partial charge >= 0.3 is 0 Å². The number of aromatic nitrogens is 4. The van der Waals surface area contributed by atoms with Gasteiger partial charge in [0.15, 0.2) is 5.82 Å². The second kappa shape index (κ2) is 4.63. The second-order valence-electron chi connectivity index (χ2n) is 5.63. The lowest BCUT2D eigenvalue weighted by Crippen LogP contribution is -2.29. The summed E-state index contributed by atoms with van der Waals surface area (Å²) in [6.45, 7) is 2.76. The van der Waals surface area contributed by atoms with Crippen molar-refractivity contribution in [3.63, 3.8) is 0 Å². The molecule has 106 valence electrons. The first kappa shape index (κ1) is 12.0. The van der Waals surface area contributed by atoms with Crippen LogP contribution in [0.2, 0.25) is 0 Å². The molecule has 6 nitrogen and oxygen atoms in total. The Labute approximate surface area is 117 Å². The van der Waals surface area contributed by atoms with Gasteiger partial charge in [-0.3, -0.25) is 0 Å². The van der Waals surface area contributed by atoms with Gasteiger partial charge in [0.1, 0.15) is 11.5 Å². The molecule has 2 unspecified atom stereocenters. The van der Waals surface area contributed by atoms with E-state index in [2.05, 4.69) is 21.0 Å².